The maximum absolute atomic E-state index is 11.1. The van der Waals surface area contributed by atoms with Gasteiger partial charge in [-0.15, -0.1) is 0 Å². The van der Waals surface area contributed by atoms with Gasteiger partial charge in [-0.1, -0.05) is 57.0 Å². The number of nitrogens with zero attached hydrogens (tertiary/aromatic N) is 1. The van der Waals surface area contributed by atoms with Gasteiger partial charge in [0.1, 0.15) is 0 Å². The molecule has 0 heterocycles. The van der Waals surface area contributed by atoms with E-state index in [0.717, 1.165) is 63.1 Å². The molecule has 1 aromatic carbocycles. The molecule has 3 fully saturated rings. The lowest BCUT2D eigenvalue weighted by Crippen LogP contribution is -2.51. The molecule has 0 aliphatic heterocycles. The van der Waals surface area contributed by atoms with E-state index in [1.807, 2.05) is 13.8 Å². The highest BCUT2D eigenvalue weighted by atomic mass is 32.2. The summed E-state index contributed by atoms with van der Waals surface area (Å²) in [4.78, 5) is 2.65. The monoisotopic (exact) mass is 603 g/mol. The summed E-state index contributed by atoms with van der Waals surface area (Å²) in [6, 6.07) is 6.50. The molecule has 0 radical (unpaired) electrons. The van der Waals surface area contributed by atoms with Gasteiger partial charge in [0.15, 0.2) is 0 Å². The fourth-order valence-electron chi connectivity index (χ4n) is 9.29. The first kappa shape index (κ1) is 33.6. The summed E-state index contributed by atoms with van der Waals surface area (Å²) in [6.07, 6.45) is 13.1. The van der Waals surface area contributed by atoms with E-state index in [4.69, 9.17) is 4.74 Å². The van der Waals surface area contributed by atoms with Gasteiger partial charge in [0.05, 0.1) is 30.8 Å². The molecule has 238 valence electrons. The summed E-state index contributed by atoms with van der Waals surface area (Å²) in [6.45, 7) is 17.7. The summed E-state index contributed by atoms with van der Waals surface area (Å²) in [5.41, 5.74) is 3.50. The maximum atomic E-state index is 11.1. The van der Waals surface area contributed by atoms with Crippen LogP contribution in [-0.2, 0) is 19.0 Å². The Morgan fingerprint density at radius 1 is 1.02 bits per heavy atom. The van der Waals surface area contributed by atoms with E-state index in [9.17, 15) is 13.5 Å². The van der Waals surface area contributed by atoms with Gasteiger partial charge in [-0.2, -0.15) is 8.42 Å². The molecule has 6 nitrogen and oxygen atoms in total. The molecule has 0 spiro atoms. The van der Waals surface area contributed by atoms with Crippen LogP contribution in [-0.4, -0.2) is 64.0 Å². The summed E-state index contributed by atoms with van der Waals surface area (Å²) in [5, 5.41) is 10.4. The van der Waals surface area contributed by atoms with E-state index < -0.39 is 10.1 Å². The first-order valence-corrected chi connectivity index (χ1v) is 17.9. The van der Waals surface area contributed by atoms with E-state index >= 15 is 0 Å². The van der Waals surface area contributed by atoms with Crippen LogP contribution in [0.15, 0.2) is 40.8 Å². The van der Waals surface area contributed by atoms with Crippen molar-refractivity contribution in [1.82, 2.24) is 4.90 Å². The molecule has 7 heteroatoms. The van der Waals surface area contributed by atoms with E-state index in [0.29, 0.717) is 22.9 Å². The highest BCUT2D eigenvalue weighted by Crippen LogP contribution is 2.66. The van der Waals surface area contributed by atoms with Crippen molar-refractivity contribution in [2.75, 3.05) is 33.4 Å². The third kappa shape index (κ3) is 6.86. The lowest BCUT2D eigenvalue weighted by atomic mass is 9.47. The Kier molecular flexibility index (Phi) is 11.1. The Morgan fingerprint density at radius 2 is 1.71 bits per heavy atom. The summed E-state index contributed by atoms with van der Waals surface area (Å²) >= 11 is 0. The third-order valence-corrected chi connectivity index (χ3v) is 13.2. The van der Waals surface area contributed by atoms with Gasteiger partial charge in [-0.25, -0.2) is 0 Å². The second-order valence-corrected chi connectivity index (χ2v) is 15.6. The normalized spacial score (nSPS) is 34.9. The standard InChI is InChI=1S/C27H47NO2.C8H10O3S/c1-6-28(7-2)16-17-30-21-12-14-26(4)20(18-21)8-9-22-24-11-10-23(19(3)29)27(24,5)15-13-25(22)26;1-7-3-5-8(6-4-7)12(9,10)11-2/h8,19,21-25,29H,6-7,9-18H2,1-5H3;3-6H,1-2H3/t19?,21-,22-,23+,24-,25-,26-,27+;/m0./s1. The number of hydrogen-bond acceptors (Lipinski definition) is 6. The average Bonchev–Trinajstić information content (AvgIpc) is 3.33. The van der Waals surface area contributed by atoms with E-state index in [1.165, 1.54) is 57.1 Å². The fourth-order valence-corrected chi connectivity index (χ4v) is 9.95. The van der Waals surface area contributed by atoms with E-state index in [2.05, 4.69) is 42.9 Å². The quantitative estimate of drug-likeness (QED) is 0.242. The Bertz CT molecular complexity index is 1160. The molecule has 8 atom stereocenters. The zero-order valence-electron chi connectivity index (χ0n) is 27.3. The third-order valence-electron chi connectivity index (χ3n) is 11.9. The van der Waals surface area contributed by atoms with Crippen LogP contribution >= 0.6 is 0 Å². The molecule has 4 aliphatic carbocycles. The van der Waals surface area contributed by atoms with Crippen LogP contribution in [0.1, 0.15) is 91.5 Å². The van der Waals surface area contributed by atoms with Crippen LogP contribution in [0.2, 0.25) is 0 Å². The van der Waals surface area contributed by atoms with Gasteiger partial charge in [-0.3, -0.25) is 4.18 Å². The molecule has 0 saturated heterocycles. The second-order valence-electron chi connectivity index (χ2n) is 13.9. The van der Waals surface area contributed by atoms with Crippen molar-refractivity contribution in [1.29, 1.82) is 0 Å². The summed E-state index contributed by atoms with van der Waals surface area (Å²) < 4.78 is 32.9. The molecule has 0 amide bonds. The number of allylic oxidation sites excluding steroid dienone is 1. The molecule has 0 bridgehead atoms. The smallest absolute Gasteiger partial charge is 0.296 e. The van der Waals surface area contributed by atoms with Crippen LogP contribution in [0.25, 0.3) is 0 Å². The van der Waals surface area contributed by atoms with Gasteiger partial charge in [0, 0.05) is 6.54 Å². The van der Waals surface area contributed by atoms with Gasteiger partial charge in [-0.05, 0) is 125 Å². The van der Waals surface area contributed by atoms with Crippen molar-refractivity contribution in [2.45, 2.75) is 110 Å². The van der Waals surface area contributed by atoms with Crippen molar-refractivity contribution in [2.24, 2.45) is 34.5 Å². The fraction of sp³-hybridized carbons (Fsp3) is 0.771. The van der Waals surface area contributed by atoms with Crippen molar-refractivity contribution in [3.63, 3.8) is 0 Å². The molecule has 3 saturated carbocycles. The largest absolute Gasteiger partial charge is 0.393 e. The van der Waals surface area contributed by atoms with Gasteiger partial charge in [0.25, 0.3) is 10.1 Å². The number of benzene rings is 1. The molecular formula is C35H57NO5S. The average molecular weight is 604 g/mol. The molecule has 5 rings (SSSR count). The number of aliphatic hydroxyl groups excluding tert-OH is 1. The highest BCUT2D eigenvalue weighted by Gasteiger charge is 2.59. The molecular weight excluding hydrogens is 546 g/mol. The highest BCUT2D eigenvalue weighted by molar-refractivity contribution is 7.86. The van der Waals surface area contributed by atoms with Gasteiger partial charge in [0.2, 0.25) is 0 Å². The van der Waals surface area contributed by atoms with Gasteiger partial charge >= 0.3 is 0 Å². The minimum atomic E-state index is -3.51. The minimum Gasteiger partial charge on any atom is -0.393 e. The van der Waals surface area contributed by atoms with E-state index in [-0.39, 0.29) is 11.0 Å². The summed E-state index contributed by atoms with van der Waals surface area (Å²) in [5.74, 6) is 3.01. The number of likely N-dealkylation sites (N-methyl/N-ethyl adjacent to an activating group) is 1. The van der Waals surface area contributed by atoms with Crippen LogP contribution in [0.3, 0.4) is 0 Å². The molecule has 42 heavy (non-hydrogen) atoms. The minimum absolute atomic E-state index is 0.147. The predicted octanol–water partition coefficient (Wildman–Crippen LogP) is 7.00. The van der Waals surface area contributed by atoms with Crippen molar-refractivity contribution >= 4 is 10.1 Å². The Hall–Kier alpha value is -1.25. The SMILES string of the molecule is CCN(CC)CCO[C@H]1CC[C@@]2(C)C(=CC[C@H]3[C@@H]4CC[C@H](C(C)O)[C@@]4(C)CC[C@@H]32)C1.COS(=O)(=O)c1ccc(C)cc1. The zero-order chi connectivity index (χ0) is 30.7. The molecule has 1 unspecified atom stereocenters. The number of aryl methyl sites for hydroxylation is 1. The van der Waals surface area contributed by atoms with Crippen LogP contribution in [0.4, 0.5) is 0 Å². The van der Waals surface area contributed by atoms with Crippen LogP contribution < -0.4 is 0 Å². The van der Waals surface area contributed by atoms with E-state index in [1.54, 1.807) is 17.7 Å². The Morgan fingerprint density at radius 3 is 2.33 bits per heavy atom. The lowest BCUT2D eigenvalue weighted by molar-refractivity contribution is -0.0729. The second kappa shape index (κ2) is 13.8. The molecule has 1 aromatic rings. The van der Waals surface area contributed by atoms with Crippen molar-refractivity contribution in [3.05, 3.63) is 41.5 Å². The zero-order valence-corrected chi connectivity index (χ0v) is 28.1. The van der Waals surface area contributed by atoms with Gasteiger partial charge < -0.3 is 14.7 Å². The van der Waals surface area contributed by atoms with Crippen molar-refractivity contribution in [3.8, 4) is 0 Å². The number of fused-ring (bicyclic) bond motifs is 5. The predicted molar refractivity (Wildman–Crippen MR) is 170 cm³/mol. The number of hydrogen-bond donors (Lipinski definition) is 1. The first-order chi connectivity index (χ1) is 19.9. The van der Waals surface area contributed by atoms with Crippen LogP contribution in [0, 0.1) is 41.4 Å². The Balaban J connectivity index is 0.000000283. The van der Waals surface area contributed by atoms with Crippen molar-refractivity contribution < 1.29 is 22.4 Å². The number of aliphatic hydroxyl groups is 1. The maximum Gasteiger partial charge on any atom is 0.296 e. The lowest BCUT2D eigenvalue weighted by Gasteiger charge is -2.58. The Labute approximate surface area is 256 Å². The molecule has 1 N–H and O–H groups in total. The van der Waals surface area contributed by atoms with Crippen LogP contribution in [0.5, 0.6) is 0 Å². The number of rotatable bonds is 9. The first-order valence-electron chi connectivity index (χ1n) is 16.5. The summed E-state index contributed by atoms with van der Waals surface area (Å²) in [7, 11) is -2.37. The molecule has 4 aliphatic rings. The molecule has 0 aromatic heterocycles. The topological polar surface area (TPSA) is 76.1 Å². The number of ether oxygens (including phenoxy) is 1.